The Bertz CT molecular complexity index is 1170. The van der Waals surface area contributed by atoms with Crippen LogP contribution in [0.1, 0.15) is 0 Å². The van der Waals surface area contributed by atoms with Crippen molar-refractivity contribution in [1.29, 1.82) is 0 Å². The molecule has 0 heterocycles. The van der Waals surface area contributed by atoms with Crippen LogP contribution in [0.2, 0.25) is 0 Å². The van der Waals surface area contributed by atoms with E-state index in [-0.39, 0.29) is 177 Å². The van der Waals surface area contributed by atoms with Crippen molar-refractivity contribution in [2.45, 2.75) is 36.6 Å². The normalized spacial score (nSPS) is 25.0. The number of hydrogen-bond donors (Lipinski definition) is 0. The molecule has 1 rings (SSSR count). The van der Waals surface area contributed by atoms with Crippen molar-refractivity contribution in [3.05, 3.63) is 0 Å². The van der Waals surface area contributed by atoms with Crippen LogP contribution < -0.4 is 177 Å². The van der Waals surface area contributed by atoms with Crippen molar-refractivity contribution in [3.8, 4) is 0 Å². The van der Waals surface area contributed by atoms with Gasteiger partial charge in [0.2, 0.25) is 62.4 Å². The molecule has 0 aromatic carbocycles. The summed E-state index contributed by atoms with van der Waals surface area (Å²) in [5, 5.41) is 0. The van der Waals surface area contributed by atoms with Gasteiger partial charge >= 0.3 is 177 Å². The zero-order valence-electron chi connectivity index (χ0n) is 21.7. The molecule has 42 heavy (non-hydrogen) atoms. The Morgan fingerprint density at radius 1 is 0.262 bits per heavy atom. The molecule has 0 bridgehead atoms. The third-order valence-corrected chi connectivity index (χ3v) is 6.06. The average Bonchev–Trinajstić information content (AvgIpc) is 2.51. The first-order valence-electron chi connectivity index (χ1n) is 7.41. The first-order valence-corrected chi connectivity index (χ1v) is 15.4. The standard InChI is InChI=1S/C6H12O24S6.6Na/c7-31(8,9)25-1-2(26-32(10,11)12)4(28-34(16,17)18)6(30-36(22,23)24)5(29-35(19,20)21)3(1)27-33(13,14)15;;;;;;/h1-6H,(H,7,8,9)(H,10,11,12)(H,13,14,15)(H,16,17,18)(H,19,20,21)(H,22,23,24);;;;;;/q;6*+1/p-6. The van der Waals surface area contributed by atoms with Crippen LogP contribution in [0, 0.1) is 0 Å². The average molecular weight is 792 g/mol. The molecule has 1 fully saturated rings. The second kappa shape index (κ2) is 22.2. The summed E-state index contributed by atoms with van der Waals surface area (Å²) in [6.07, 6.45) is -21.7. The molecule has 0 spiro atoms. The summed E-state index contributed by atoms with van der Waals surface area (Å²) in [5.74, 6) is 0. The molecule has 0 atom stereocenters. The molecule has 0 aromatic rings. The van der Waals surface area contributed by atoms with Gasteiger partial charge in [0.05, 0.1) is 0 Å². The maximum atomic E-state index is 11.1. The van der Waals surface area contributed by atoms with Gasteiger partial charge in [-0.15, -0.1) is 0 Å². The molecule has 24 nitrogen and oxygen atoms in total. The van der Waals surface area contributed by atoms with E-state index in [4.69, 9.17) is 0 Å². The smallest absolute Gasteiger partial charge is 0.726 e. The summed E-state index contributed by atoms with van der Waals surface area (Å²) in [6.45, 7) is 0. The van der Waals surface area contributed by atoms with Gasteiger partial charge in [-0.3, -0.25) is 25.1 Å². The van der Waals surface area contributed by atoms with Gasteiger partial charge in [0.1, 0.15) is 36.6 Å². The molecule has 216 valence electrons. The van der Waals surface area contributed by atoms with Gasteiger partial charge in [0, 0.05) is 0 Å². The second-order valence-corrected chi connectivity index (χ2v) is 11.9. The molecule has 0 amide bonds. The Morgan fingerprint density at radius 2 is 0.333 bits per heavy atom. The van der Waals surface area contributed by atoms with Crippen LogP contribution in [-0.4, -0.2) is 114 Å². The summed E-state index contributed by atoms with van der Waals surface area (Å²) >= 11 is 0. The molecule has 36 heteroatoms. The van der Waals surface area contributed by atoms with E-state index < -0.39 is 99.0 Å². The van der Waals surface area contributed by atoms with Crippen LogP contribution in [0.25, 0.3) is 0 Å². The largest absolute Gasteiger partial charge is 1.00 e. The topological polar surface area (TPSA) is 399 Å². The van der Waals surface area contributed by atoms with Crippen molar-refractivity contribution < 1.29 is 280 Å². The van der Waals surface area contributed by atoms with Crippen molar-refractivity contribution in [1.82, 2.24) is 0 Å². The molecule has 0 unspecified atom stereocenters. The predicted molar refractivity (Wildman–Crippen MR) is 87.4 cm³/mol. The van der Waals surface area contributed by atoms with Gasteiger partial charge in [-0.05, 0) is 0 Å². The van der Waals surface area contributed by atoms with Crippen molar-refractivity contribution in [2.24, 2.45) is 0 Å². The minimum absolute atomic E-state index is 0. The van der Waals surface area contributed by atoms with E-state index in [1.54, 1.807) is 0 Å². The van der Waals surface area contributed by atoms with Crippen LogP contribution in [-0.2, 0) is 87.5 Å². The Labute approximate surface area is 372 Å². The van der Waals surface area contributed by atoms with E-state index in [9.17, 15) is 77.8 Å². The molecule has 0 aromatic heterocycles. The van der Waals surface area contributed by atoms with Crippen LogP contribution in [0.15, 0.2) is 0 Å². The summed E-state index contributed by atoms with van der Waals surface area (Å²) in [6, 6.07) is 0. The molecular weight excluding hydrogens is 786 g/mol. The first kappa shape index (κ1) is 59.4. The van der Waals surface area contributed by atoms with Crippen LogP contribution in [0.3, 0.4) is 0 Å². The molecule has 0 saturated heterocycles. The number of hydrogen-bond acceptors (Lipinski definition) is 24. The third kappa shape index (κ3) is 25.2. The van der Waals surface area contributed by atoms with Crippen molar-refractivity contribution in [3.63, 3.8) is 0 Å². The Kier molecular flexibility index (Phi) is 31.4. The maximum absolute atomic E-state index is 11.1. The van der Waals surface area contributed by atoms with E-state index in [1.807, 2.05) is 0 Å². The summed E-state index contributed by atoms with van der Waals surface area (Å²) in [7, 11) is -38.3. The van der Waals surface area contributed by atoms with Gasteiger partial charge in [-0.1, -0.05) is 0 Å². The summed E-state index contributed by atoms with van der Waals surface area (Å²) in [4.78, 5) is 0. The van der Waals surface area contributed by atoms with E-state index in [0.29, 0.717) is 0 Å². The second-order valence-electron chi connectivity index (χ2n) is 5.81. The van der Waals surface area contributed by atoms with Gasteiger partial charge in [-0.25, -0.2) is 50.5 Å². The molecule has 0 radical (unpaired) electrons. The molecule has 0 N–H and O–H groups in total. The fourth-order valence-electron chi connectivity index (χ4n) is 2.60. The fourth-order valence-corrected chi connectivity index (χ4v) is 5.54. The quantitative estimate of drug-likeness (QED) is 0.101. The molecule has 1 saturated carbocycles. The van der Waals surface area contributed by atoms with E-state index in [2.05, 4.69) is 25.1 Å². The third-order valence-electron chi connectivity index (χ3n) is 3.32. The molecule has 1 aliphatic carbocycles. The zero-order chi connectivity index (χ0) is 28.7. The van der Waals surface area contributed by atoms with E-state index >= 15 is 0 Å². The molecule has 0 aliphatic heterocycles. The fraction of sp³-hybridized carbons (Fsp3) is 1.00. The zero-order valence-corrected chi connectivity index (χ0v) is 38.6. The van der Waals surface area contributed by atoms with Gasteiger partial charge in [0.15, 0.2) is 0 Å². The Morgan fingerprint density at radius 3 is 0.381 bits per heavy atom. The summed E-state index contributed by atoms with van der Waals surface area (Å²) in [5.41, 5.74) is 0. The SMILES string of the molecule is O=S(=O)([O-])OC1C(OS(=O)(=O)[O-])C(OS(=O)(=O)[O-])C(OS(=O)(=O)[O-])C(OS(=O)(=O)[O-])C1OS(=O)(=O)[O-].[Na+].[Na+].[Na+].[Na+].[Na+].[Na+]. The minimum atomic E-state index is -6.38. The van der Waals surface area contributed by atoms with Crippen molar-refractivity contribution in [2.75, 3.05) is 0 Å². The maximum Gasteiger partial charge on any atom is 1.00 e. The van der Waals surface area contributed by atoms with Crippen LogP contribution >= 0.6 is 0 Å². The first-order chi connectivity index (χ1) is 15.6. The molecular formula is C6H6Na6O24S6. The van der Waals surface area contributed by atoms with Gasteiger partial charge < -0.3 is 27.3 Å². The Balaban J connectivity index is -0.000000540. The van der Waals surface area contributed by atoms with E-state index in [0.717, 1.165) is 0 Å². The number of rotatable bonds is 12. The van der Waals surface area contributed by atoms with Crippen LogP contribution in [0.4, 0.5) is 0 Å². The van der Waals surface area contributed by atoms with Gasteiger partial charge in [-0.2, -0.15) is 0 Å². The Hall–Kier alpha value is 5.22. The molecule has 1 aliphatic rings. The van der Waals surface area contributed by atoms with E-state index in [1.165, 1.54) is 0 Å². The van der Waals surface area contributed by atoms with Crippen molar-refractivity contribution >= 4 is 62.4 Å². The monoisotopic (exact) mass is 792 g/mol. The summed E-state index contributed by atoms with van der Waals surface area (Å²) < 4.78 is 220. The predicted octanol–water partition coefficient (Wildman–Crippen LogP) is -24.9. The van der Waals surface area contributed by atoms with Crippen LogP contribution in [0.5, 0.6) is 0 Å². The minimum Gasteiger partial charge on any atom is -0.726 e. The van der Waals surface area contributed by atoms with Gasteiger partial charge in [0.25, 0.3) is 0 Å².